The summed E-state index contributed by atoms with van der Waals surface area (Å²) in [6, 6.07) is 34.4. The average Bonchev–Trinajstić information content (AvgIpc) is 2.78. The van der Waals surface area contributed by atoms with Gasteiger partial charge in [0.2, 0.25) is 0 Å². The average molecular weight is 518 g/mol. The zero-order valence-corrected chi connectivity index (χ0v) is 19.9. The van der Waals surface area contributed by atoms with Crippen LogP contribution in [0.1, 0.15) is 0 Å². The van der Waals surface area contributed by atoms with Crippen molar-refractivity contribution >= 4 is 52.7 Å². The van der Waals surface area contributed by atoms with Crippen molar-refractivity contribution in [2.24, 2.45) is 0 Å². The molecule has 2 aliphatic heterocycles. The Labute approximate surface area is 181 Å². The van der Waals surface area contributed by atoms with Crippen LogP contribution >= 0.6 is 8.29 Å². The summed E-state index contributed by atoms with van der Waals surface area (Å²) in [6.07, 6.45) is 0. The van der Waals surface area contributed by atoms with Crippen molar-refractivity contribution in [2.45, 2.75) is 0 Å². The molecule has 4 aromatic carbocycles. The molecule has 6 rings (SSSR count). The van der Waals surface area contributed by atoms with Gasteiger partial charge in [-0.15, -0.1) is 0 Å². The van der Waals surface area contributed by atoms with E-state index in [1.165, 1.54) is 17.4 Å². The van der Waals surface area contributed by atoms with Crippen molar-refractivity contribution in [1.29, 1.82) is 0 Å². The second kappa shape index (κ2) is 7.33. The molecule has 4 aromatic rings. The molecule has 0 spiro atoms. The van der Waals surface area contributed by atoms with Crippen molar-refractivity contribution < 1.29 is 9.47 Å². The maximum atomic E-state index is 6.25. The number of para-hydroxylation sites is 4. The van der Waals surface area contributed by atoms with Gasteiger partial charge in [-0.2, -0.15) is 0 Å². The molecular formula is C24H16As2O2S. The molecule has 0 aromatic heterocycles. The van der Waals surface area contributed by atoms with Gasteiger partial charge in [0.15, 0.2) is 0 Å². The summed E-state index contributed by atoms with van der Waals surface area (Å²) in [5.41, 5.74) is 0. The van der Waals surface area contributed by atoms with Gasteiger partial charge < -0.3 is 0 Å². The fourth-order valence-electron chi connectivity index (χ4n) is 3.60. The molecule has 0 saturated carbocycles. The van der Waals surface area contributed by atoms with Gasteiger partial charge in [0.05, 0.1) is 0 Å². The third-order valence-corrected chi connectivity index (χ3v) is 28.9. The van der Waals surface area contributed by atoms with Crippen molar-refractivity contribution in [1.82, 2.24) is 0 Å². The molecule has 0 bridgehead atoms. The molecule has 0 amide bonds. The Kier molecular flexibility index (Phi) is 4.49. The van der Waals surface area contributed by atoms with Crippen LogP contribution in [0.3, 0.4) is 0 Å². The van der Waals surface area contributed by atoms with Crippen molar-refractivity contribution in [3.63, 3.8) is 0 Å². The van der Waals surface area contributed by atoms with E-state index in [0.29, 0.717) is 0 Å². The SMILES string of the molecule is c1ccc2c(c1)Oc1ccccc1[As]2S[As]1c2ccccc2Oc2ccccc21. The van der Waals surface area contributed by atoms with Crippen LogP contribution in [0.15, 0.2) is 97.1 Å². The molecule has 2 nitrogen and oxygen atoms in total. The van der Waals surface area contributed by atoms with Gasteiger partial charge in [0, 0.05) is 0 Å². The molecule has 0 unspecified atom stereocenters. The van der Waals surface area contributed by atoms with Crippen LogP contribution in [0.5, 0.6) is 23.0 Å². The molecule has 29 heavy (non-hydrogen) atoms. The van der Waals surface area contributed by atoms with Crippen molar-refractivity contribution in [3.8, 4) is 23.0 Å². The Morgan fingerprint density at radius 1 is 0.414 bits per heavy atom. The summed E-state index contributed by atoms with van der Waals surface area (Å²) in [6.45, 7) is 0. The van der Waals surface area contributed by atoms with E-state index in [4.69, 9.17) is 9.47 Å². The topological polar surface area (TPSA) is 18.5 Å². The standard InChI is InChI=1S/C24H16As2O2S/c1-5-13-21-17(9-1)25(18-10-2-6-14-22(18)27-21)29-26-19-11-3-7-15-23(19)28-24-16-8-4-12-20(24)26/h1-16H. The van der Waals surface area contributed by atoms with Crippen LogP contribution in [0, 0.1) is 0 Å². The number of rotatable bonds is 2. The third kappa shape index (κ3) is 3.04. The van der Waals surface area contributed by atoms with Crippen LogP contribution in [0.4, 0.5) is 0 Å². The molecule has 2 heterocycles. The molecule has 0 atom stereocenters. The number of ether oxygens (including phenoxy) is 2. The number of benzene rings is 4. The van der Waals surface area contributed by atoms with Gasteiger partial charge >= 0.3 is 182 Å². The van der Waals surface area contributed by atoms with Gasteiger partial charge in [0.1, 0.15) is 0 Å². The molecule has 5 heteroatoms. The molecule has 2 aliphatic rings. The zero-order valence-electron chi connectivity index (χ0n) is 15.4. The van der Waals surface area contributed by atoms with Crippen LogP contribution < -0.4 is 26.9 Å². The summed E-state index contributed by atoms with van der Waals surface area (Å²) >= 11 is -3.20. The molecule has 0 aliphatic carbocycles. The van der Waals surface area contributed by atoms with Crippen LogP contribution in [0.25, 0.3) is 0 Å². The summed E-state index contributed by atoms with van der Waals surface area (Å²) in [5, 5.41) is 0. The van der Waals surface area contributed by atoms with E-state index in [1.54, 1.807) is 0 Å². The second-order valence-electron chi connectivity index (χ2n) is 6.75. The summed E-state index contributed by atoms with van der Waals surface area (Å²) in [5.74, 6) is 4.12. The predicted octanol–water partition coefficient (Wildman–Crippen LogP) is 3.54. The Balaban J connectivity index is 1.51. The van der Waals surface area contributed by atoms with E-state index < -0.39 is 27.0 Å². The van der Waals surface area contributed by atoms with E-state index in [0.717, 1.165) is 23.0 Å². The normalized spacial score (nSPS) is 14.6. The van der Waals surface area contributed by atoms with Gasteiger partial charge in [0.25, 0.3) is 0 Å². The van der Waals surface area contributed by atoms with Crippen LogP contribution in [-0.2, 0) is 0 Å². The minimum atomic E-state index is -1.60. The summed E-state index contributed by atoms with van der Waals surface area (Å²) < 4.78 is 18.1. The molecule has 0 saturated heterocycles. The van der Waals surface area contributed by atoms with Gasteiger partial charge in [-0.1, -0.05) is 0 Å². The summed E-state index contributed by atoms with van der Waals surface area (Å²) in [4.78, 5) is 0. The Morgan fingerprint density at radius 2 is 0.690 bits per heavy atom. The number of fused-ring (bicyclic) bond motifs is 4. The fraction of sp³-hybridized carbons (Fsp3) is 0. The molecule has 140 valence electrons. The summed E-state index contributed by atoms with van der Waals surface area (Å²) in [7, 11) is 2.24. The number of hydrogen-bond donors (Lipinski definition) is 0. The van der Waals surface area contributed by atoms with Crippen molar-refractivity contribution in [2.75, 3.05) is 0 Å². The maximum absolute atomic E-state index is 6.25. The monoisotopic (exact) mass is 518 g/mol. The van der Waals surface area contributed by atoms with E-state index >= 15 is 0 Å². The first-order valence-electron chi connectivity index (χ1n) is 9.39. The predicted molar refractivity (Wildman–Crippen MR) is 124 cm³/mol. The first-order valence-corrected chi connectivity index (χ1v) is 18.5. The van der Waals surface area contributed by atoms with E-state index in [9.17, 15) is 0 Å². The van der Waals surface area contributed by atoms with Crippen molar-refractivity contribution in [3.05, 3.63) is 97.1 Å². The molecular weight excluding hydrogens is 502 g/mol. The Bertz CT molecular complexity index is 1040. The van der Waals surface area contributed by atoms with Gasteiger partial charge in [-0.3, -0.25) is 0 Å². The van der Waals surface area contributed by atoms with Gasteiger partial charge in [-0.25, -0.2) is 0 Å². The number of hydrogen-bond acceptors (Lipinski definition) is 3. The fourth-order valence-corrected chi connectivity index (χ4v) is 33.0. The zero-order chi connectivity index (χ0) is 19.2. The third-order valence-electron chi connectivity index (χ3n) is 4.94. The Morgan fingerprint density at radius 3 is 1.00 bits per heavy atom. The first kappa shape index (κ1) is 17.8. The van der Waals surface area contributed by atoms with E-state index in [2.05, 4.69) is 105 Å². The second-order valence-corrected chi connectivity index (χ2v) is 23.6. The Hall–Kier alpha value is -2.05. The molecule has 0 N–H and O–H groups in total. The van der Waals surface area contributed by atoms with E-state index in [1.807, 2.05) is 0 Å². The van der Waals surface area contributed by atoms with Crippen LogP contribution in [0.2, 0.25) is 0 Å². The molecule has 0 fully saturated rings. The van der Waals surface area contributed by atoms with Crippen LogP contribution in [-0.4, -0.2) is 27.0 Å². The first-order chi connectivity index (χ1) is 14.4. The minimum absolute atomic E-state index is 1.03. The molecule has 0 radical (unpaired) electrons. The quantitative estimate of drug-likeness (QED) is 0.379. The van der Waals surface area contributed by atoms with E-state index in [-0.39, 0.29) is 0 Å². The van der Waals surface area contributed by atoms with Gasteiger partial charge in [-0.05, 0) is 0 Å².